The fraction of sp³-hybridized carbons (Fsp3) is 0.300. The Kier molecular flexibility index (Phi) is 5.04. The molecular weight excluding hydrogens is 329 g/mol. The van der Waals surface area contributed by atoms with E-state index in [9.17, 15) is 4.39 Å². The molecule has 1 saturated heterocycles. The summed E-state index contributed by atoms with van der Waals surface area (Å²) in [5.41, 5.74) is 3.15. The molecule has 1 aliphatic rings. The Morgan fingerprint density at radius 1 is 1.08 bits per heavy atom. The first-order valence-corrected chi connectivity index (χ1v) is 8.94. The quantitative estimate of drug-likeness (QED) is 0.717. The van der Waals surface area contributed by atoms with Crippen molar-refractivity contribution in [2.45, 2.75) is 25.6 Å². The highest BCUT2D eigenvalue weighted by molar-refractivity contribution is 5.61. The van der Waals surface area contributed by atoms with Crippen molar-refractivity contribution in [3.63, 3.8) is 0 Å². The molecule has 134 valence electrons. The second kappa shape index (κ2) is 7.76. The van der Waals surface area contributed by atoms with E-state index in [1.807, 2.05) is 12.1 Å². The summed E-state index contributed by atoms with van der Waals surface area (Å²) in [4.78, 5) is 2.45. The van der Waals surface area contributed by atoms with Crippen LogP contribution in [0.5, 0.6) is 0 Å². The van der Waals surface area contributed by atoms with Crippen molar-refractivity contribution in [3.05, 3.63) is 71.7 Å². The van der Waals surface area contributed by atoms with E-state index in [4.69, 9.17) is 0 Å². The number of halogens is 1. The molecule has 4 rings (SSSR count). The molecule has 1 aliphatic heterocycles. The van der Waals surface area contributed by atoms with Crippen molar-refractivity contribution in [1.82, 2.24) is 25.6 Å². The van der Waals surface area contributed by atoms with Crippen LogP contribution in [0.25, 0.3) is 11.3 Å². The minimum atomic E-state index is -0.280. The highest BCUT2D eigenvalue weighted by Gasteiger charge is 2.23. The lowest BCUT2D eigenvalue weighted by Gasteiger charge is -2.16. The van der Waals surface area contributed by atoms with Gasteiger partial charge in [0.25, 0.3) is 0 Å². The number of hydrogen-bond acceptors (Lipinski definition) is 4. The number of likely N-dealkylation sites (tertiary alicyclic amines) is 1. The molecule has 1 atom stereocenters. The fourth-order valence-electron chi connectivity index (χ4n) is 3.47. The average Bonchev–Trinajstić information content (AvgIpc) is 3.30. The van der Waals surface area contributed by atoms with Crippen molar-refractivity contribution in [2.75, 3.05) is 13.1 Å². The zero-order chi connectivity index (χ0) is 17.8. The van der Waals surface area contributed by atoms with Crippen LogP contribution in [0.15, 0.2) is 54.6 Å². The van der Waals surface area contributed by atoms with Crippen molar-refractivity contribution in [2.24, 2.45) is 0 Å². The van der Waals surface area contributed by atoms with Gasteiger partial charge in [-0.05, 0) is 24.1 Å². The van der Waals surface area contributed by atoms with Gasteiger partial charge in [-0.15, -0.1) is 0 Å². The van der Waals surface area contributed by atoms with Crippen LogP contribution < -0.4 is 5.32 Å². The second-order valence-electron chi connectivity index (χ2n) is 6.69. The van der Waals surface area contributed by atoms with Gasteiger partial charge in [-0.25, -0.2) is 4.39 Å². The lowest BCUT2D eigenvalue weighted by Crippen LogP contribution is -2.32. The standard InChI is InChI=1S/C20H22FN5/c21-18-9-5-4-8-17(18)20-19(23-25-24-20)12-22-16-10-11-26(14-16)13-15-6-2-1-3-7-15/h1-9,16,22H,10-14H2,(H,23,24,25)/t16-/m0/s1. The van der Waals surface area contributed by atoms with Crippen LogP contribution in [-0.2, 0) is 13.1 Å². The molecule has 1 aromatic heterocycles. The second-order valence-corrected chi connectivity index (χ2v) is 6.69. The van der Waals surface area contributed by atoms with E-state index >= 15 is 0 Å². The molecule has 0 saturated carbocycles. The first kappa shape index (κ1) is 16.9. The highest BCUT2D eigenvalue weighted by Crippen LogP contribution is 2.23. The number of benzene rings is 2. The average molecular weight is 351 g/mol. The Balaban J connectivity index is 1.35. The van der Waals surface area contributed by atoms with E-state index in [0.29, 0.717) is 23.8 Å². The molecular formula is C20H22FN5. The predicted molar refractivity (Wildman–Crippen MR) is 98.7 cm³/mol. The van der Waals surface area contributed by atoms with E-state index in [1.54, 1.807) is 12.1 Å². The molecule has 26 heavy (non-hydrogen) atoms. The summed E-state index contributed by atoms with van der Waals surface area (Å²) in [7, 11) is 0. The van der Waals surface area contributed by atoms with E-state index in [-0.39, 0.29) is 5.82 Å². The van der Waals surface area contributed by atoms with Gasteiger partial charge in [0.15, 0.2) is 0 Å². The Bertz CT molecular complexity index is 848. The molecule has 1 fully saturated rings. The lowest BCUT2D eigenvalue weighted by molar-refractivity contribution is 0.319. The van der Waals surface area contributed by atoms with E-state index in [0.717, 1.165) is 31.7 Å². The molecule has 6 heteroatoms. The van der Waals surface area contributed by atoms with Gasteiger partial charge >= 0.3 is 0 Å². The summed E-state index contributed by atoms with van der Waals surface area (Å²) >= 11 is 0. The zero-order valence-corrected chi connectivity index (χ0v) is 14.5. The largest absolute Gasteiger partial charge is 0.307 e. The summed E-state index contributed by atoms with van der Waals surface area (Å²) in [6.07, 6.45) is 1.10. The monoisotopic (exact) mass is 351 g/mol. The number of aromatic nitrogens is 3. The van der Waals surface area contributed by atoms with E-state index in [2.05, 4.69) is 49.9 Å². The summed E-state index contributed by atoms with van der Waals surface area (Å²) in [5.74, 6) is -0.280. The predicted octanol–water partition coefficient (Wildman–Crippen LogP) is 2.97. The molecule has 2 heterocycles. The molecule has 2 N–H and O–H groups in total. The summed E-state index contributed by atoms with van der Waals surface area (Å²) in [6, 6.07) is 17.6. The third-order valence-electron chi connectivity index (χ3n) is 4.83. The summed E-state index contributed by atoms with van der Waals surface area (Å²) < 4.78 is 14.0. The first-order chi connectivity index (χ1) is 12.8. The maximum atomic E-state index is 14.0. The number of nitrogens with one attached hydrogen (secondary N) is 2. The zero-order valence-electron chi connectivity index (χ0n) is 14.5. The molecule has 3 aromatic rings. The van der Waals surface area contributed by atoms with E-state index in [1.165, 1.54) is 11.6 Å². The number of H-pyrrole nitrogens is 1. The molecule has 0 unspecified atom stereocenters. The molecule has 5 nitrogen and oxygen atoms in total. The van der Waals surface area contributed by atoms with Crippen LogP contribution in [0.1, 0.15) is 17.7 Å². The third-order valence-corrected chi connectivity index (χ3v) is 4.83. The van der Waals surface area contributed by atoms with Crippen molar-refractivity contribution >= 4 is 0 Å². The number of aromatic amines is 1. The molecule has 0 bridgehead atoms. The highest BCUT2D eigenvalue weighted by atomic mass is 19.1. The van der Waals surface area contributed by atoms with Gasteiger partial charge in [-0.1, -0.05) is 42.5 Å². The van der Waals surface area contributed by atoms with Crippen LogP contribution in [0.4, 0.5) is 4.39 Å². The smallest absolute Gasteiger partial charge is 0.132 e. The van der Waals surface area contributed by atoms with Gasteiger partial charge < -0.3 is 5.32 Å². The topological polar surface area (TPSA) is 56.8 Å². The fourth-order valence-corrected chi connectivity index (χ4v) is 3.47. The van der Waals surface area contributed by atoms with Crippen LogP contribution >= 0.6 is 0 Å². The molecule has 0 aliphatic carbocycles. The number of nitrogens with zero attached hydrogens (tertiary/aromatic N) is 3. The minimum absolute atomic E-state index is 0.280. The van der Waals surface area contributed by atoms with Gasteiger partial charge in [0, 0.05) is 37.8 Å². The van der Waals surface area contributed by atoms with Crippen molar-refractivity contribution in [1.29, 1.82) is 0 Å². The van der Waals surface area contributed by atoms with Crippen LogP contribution in [-0.4, -0.2) is 39.4 Å². The van der Waals surface area contributed by atoms with Gasteiger partial charge in [-0.2, -0.15) is 15.4 Å². The lowest BCUT2D eigenvalue weighted by atomic mass is 10.1. The maximum absolute atomic E-state index is 14.0. The Labute approximate surface area is 152 Å². The van der Waals surface area contributed by atoms with Crippen LogP contribution in [0.3, 0.4) is 0 Å². The van der Waals surface area contributed by atoms with Gasteiger partial charge in [0.1, 0.15) is 17.2 Å². The van der Waals surface area contributed by atoms with Gasteiger partial charge in [0.05, 0.1) is 0 Å². The molecule has 0 spiro atoms. The third kappa shape index (κ3) is 3.81. The Morgan fingerprint density at radius 3 is 2.73 bits per heavy atom. The molecule has 0 amide bonds. The Morgan fingerprint density at radius 2 is 1.88 bits per heavy atom. The summed E-state index contributed by atoms with van der Waals surface area (Å²) in [5, 5.41) is 14.5. The van der Waals surface area contributed by atoms with Crippen molar-refractivity contribution < 1.29 is 4.39 Å². The first-order valence-electron chi connectivity index (χ1n) is 8.94. The normalized spacial score (nSPS) is 17.7. The van der Waals surface area contributed by atoms with Crippen molar-refractivity contribution in [3.8, 4) is 11.3 Å². The minimum Gasteiger partial charge on any atom is -0.307 e. The van der Waals surface area contributed by atoms with Gasteiger partial charge in [0.2, 0.25) is 0 Å². The number of rotatable bonds is 6. The van der Waals surface area contributed by atoms with E-state index < -0.39 is 0 Å². The SMILES string of the molecule is Fc1ccccc1-c1n[nH]nc1CN[C@H]1CCN(Cc2ccccc2)C1. The molecule has 2 aromatic carbocycles. The van der Waals surface area contributed by atoms with Gasteiger partial charge in [-0.3, -0.25) is 4.90 Å². The number of hydrogen-bond donors (Lipinski definition) is 2. The summed E-state index contributed by atoms with van der Waals surface area (Å²) in [6.45, 7) is 3.63. The Hall–Kier alpha value is -2.57. The van der Waals surface area contributed by atoms with Crippen LogP contribution in [0.2, 0.25) is 0 Å². The van der Waals surface area contributed by atoms with Crippen LogP contribution in [0, 0.1) is 5.82 Å². The molecule has 0 radical (unpaired) electrons. The maximum Gasteiger partial charge on any atom is 0.132 e.